The number of methoxy groups -OCH3 is 1. The van der Waals surface area contributed by atoms with Gasteiger partial charge in [0.2, 0.25) is 10.0 Å². The van der Waals surface area contributed by atoms with Crippen molar-refractivity contribution in [2.24, 2.45) is 5.92 Å². The Morgan fingerprint density at radius 3 is 2.24 bits per heavy atom. The molecule has 12 heteroatoms. The third-order valence-corrected chi connectivity index (χ3v) is 6.23. The predicted molar refractivity (Wildman–Crippen MR) is 79.4 cm³/mol. The van der Waals surface area contributed by atoms with E-state index < -0.39 is 54.3 Å². The van der Waals surface area contributed by atoms with Gasteiger partial charge in [-0.25, -0.2) is 21.6 Å². The first kappa shape index (κ1) is 23.3. The smallest absolute Gasteiger partial charge is 0.744 e. The molecule has 0 spiro atoms. The van der Waals surface area contributed by atoms with Crippen molar-refractivity contribution in [1.29, 1.82) is 0 Å². The van der Waals surface area contributed by atoms with Crippen LogP contribution in [0.3, 0.4) is 0 Å². The summed E-state index contributed by atoms with van der Waals surface area (Å²) in [5.41, 5.74) is 0. The molecule has 1 N–H and O–H groups in total. The van der Waals surface area contributed by atoms with E-state index in [9.17, 15) is 26.2 Å². The van der Waals surface area contributed by atoms with Crippen molar-refractivity contribution in [1.82, 2.24) is 4.72 Å². The van der Waals surface area contributed by atoms with E-state index in [-0.39, 0.29) is 51.4 Å². The Labute approximate surface area is 188 Å². The van der Waals surface area contributed by atoms with Gasteiger partial charge in [-0.3, -0.25) is 0 Å². The standard InChI is InChI=1S/C13H17NO8S2.K/c1-8-9(7-15)12(13(21-2)22-8)14-23(16,17)10-5-3-4-6-11(10)24(18,19)20;/h3-9,12-14H,1-2H3,(H,18,19,20);/q;+1/p-1/t8-,9+,12-,13+;/m1./s1. The molecule has 1 aliphatic rings. The van der Waals surface area contributed by atoms with E-state index in [0.717, 1.165) is 12.1 Å². The van der Waals surface area contributed by atoms with E-state index in [1.807, 2.05) is 0 Å². The topological polar surface area (TPSA) is 139 Å². The van der Waals surface area contributed by atoms with Gasteiger partial charge in [0.05, 0.1) is 27.9 Å². The monoisotopic (exact) mass is 417 g/mol. The fraction of sp³-hybridized carbons (Fsp3) is 0.462. The molecule has 0 unspecified atom stereocenters. The SMILES string of the molecule is CO[C@H]1O[C@H](C)[C@H](C=O)[C@H]1NS(=O)(=O)c1ccccc1S(=O)(=O)[O-].[K+]. The quantitative estimate of drug-likeness (QED) is 0.285. The second kappa shape index (κ2) is 8.97. The average molecular weight is 418 g/mol. The first-order chi connectivity index (χ1) is 11.1. The van der Waals surface area contributed by atoms with Gasteiger partial charge in [0.15, 0.2) is 6.29 Å². The molecule has 1 aromatic carbocycles. The van der Waals surface area contributed by atoms with Gasteiger partial charge in [-0.2, -0.15) is 0 Å². The summed E-state index contributed by atoms with van der Waals surface area (Å²) in [7, 11) is -8.14. The van der Waals surface area contributed by atoms with E-state index in [4.69, 9.17) is 9.47 Å². The van der Waals surface area contributed by atoms with Gasteiger partial charge in [0.25, 0.3) is 0 Å². The number of hydrogen-bond donors (Lipinski definition) is 1. The van der Waals surface area contributed by atoms with Crippen LogP contribution in [0.2, 0.25) is 0 Å². The summed E-state index contributed by atoms with van der Waals surface area (Å²) in [5, 5.41) is 0. The summed E-state index contributed by atoms with van der Waals surface area (Å²) in [4.78, 5) is 9.65. The Bertz CT molecular complexity index is 826. The maximum Gasteiger partial charge on any atom is 1.00 e. The maximum absolute atomic E-state index is 12.5. The van der Waals surface area contributed by atoms with Crippen LogP contribution in [0.15, 0.2) is 34.1 Å². The Morgan fingerprint density at radius 1 is 1.20 bits per heavy atom. The maximum atomic E-state index is 12.5. The van der Waals surface area contributed by atoms with Crippen molar-refractivity contribution in [3.05, 3.63) is 24.3 Å². The molecule has 0 radical (unpaired) electrons. The number of sulfonamides is 1. The van der Waals surface area contributed by atoms with Gasteiger partial charge in [0.1, 0.15) is 16.4 Å². The summed E-state index contributed by atoms with van der Waals surface area (Å²) in [6.45, 7) is 1.58. The van der Waals surface area contributed by atoms with Crippen molar-refractivity contribution in [3.8, 4) is 0 Å². The summed E-state index contributed by atoms with van der Waals surface area (Å²) in [6.07, 6.45) is -1.09. The largest absolute Gasteiger partial charge is 1.00 e. The third kappa shape index (κ3) is 5.16. The summed E-state index contributed by atoms with van der Waals surface area (Å²) in [5.74, 6) is -0.833. The van der Waals surface area contributed by atoms with Crippen LogP contribution in [0.4, 0.5) is 0 Å². The molecule has 0 aliphatic carbocycles. The van der Waals surface area contributed by atoms with Crippen LogP contribution in [-0.2, 0) is 34.4 Å². The van der Waals surface area contributed by atoms with Crippen molar-refractivity contribution in [2.45, 2.75) is 35.2 Å². The van der Waals surface area contributed by atoms with Crippen LogP contribution in [0.25, 0.3) is 0 Å². The molecule has 0 saturated carbocycles. The van der Waals surface area contributed by atoms with Gasteiger partial charge < -0.3 is 18.8 Å². The molecule has 4 atom stereocenters. The predicted octanol–water partition coefficient (Wildman–Crippen LogP) is -3.55. The molecule has 2 rings (SSSR count). The number of benzene rings is 1. The minimum Gasteiger partial charge on any atom is -0.744 e. The fourth-order valence-electron chi connectivity index (χ4n) is 2.51. The van der Waals surface area contributed by atoms with Crippen LogP contribution < -0.4 is 56.1 Å². The average Bonchev–Trinajstić information content (AvgIpc) is 2.80. The summed E-state index contributed by atoms with van der Waals surface area (Å²) < 4.78 is 71.5. The minimum absolute atomic E-state index is 0. The second-order valence-electron chi connectivity index (χ2n) is 5.21. The number of carbonyl (C=O) groups excluding carboxylic acids is 1. The molecule has 1 aromatic rings. The molecule has 134 valence electrons. The zero-order valence-electron chi connectivity index (χ0n) is 13.8. The van der Waals surface area contributed by atoms with E-state index in [0.29, 0.717) is 6.29 Å². The van der Waals surface area contributed by atoms with Gasteiger partial charge in [-0.15, -0.1) is 0 Å². The van der Waals surface area contributed by atoms with Crippen LogP contribution >= 0.6 is 0 Å². The Kier molecular flexibility index (Phi) is 8.36. The minimum atomic E-state index is -5.00. The van der Waals surface area contributed by atoms with Gasteiger partial charge in [-0.05, 0) is 19.1 Å². The van der Waals surface area contributed by atoms with E-state index >= 15 is 0 Å². The van der Waals surface area contributed by atoms with Gasteiger partial charge >= 0.3 is 51.4 Å². The number of aldehydes is 1. The normalized spacial score (nSPS) is 26.8. The zero-order valence-corrected chi connectivity index (χ0v) is 18.5. The van der Waals surface area contributed by atoms with Gasteiger partial charge in [-0.1, -0.05) is 12.1 Å². The molecule has 0 aromatic heterocycles. The van der Waals surface area contributed by atoms with Crippen LogP contribution in [-0.4, -0.2) is 53.2 Å². The van der Waals surface area contributed by atoms with Crippen LogP contribution in [0.1, 0.15) is 6.92 Å². The van der Waals surface area contributed by atoms with Gasteiger partial charge in [0, 0.05) is 7.11 Å². The summed E-state index contributed by atoms with van der Waals surface area (Å²) in [6, 6.07) is 3.34. The number of nitrogens with one attached hydrogen (secondary N) is 1. The number of carbonyl (C=O) groups is 1. The first-order valence-corrected chi connectivity index (χ1v) is 9.71. The Hall–Kier alpha value is 0.266. The molecule has 0 bridgehead atoms. The molecule has 1 fully saturated rings. The van der Waals surface area contributed by atoms with Crippen LogP contribution in [0.5, 0.6) is 0 Å². The third-order valence-electron chi connectivity index (χ3n) is 3.69. The van der Waals surface area contributed by atoms with E-state index in [1.54, 1.807) is 6.92 Å². The Balaban J connectivity index is 0.00000312. The van der Waals surface area contributed by atoms with Crippen LogP contribution in [0, 0.1) is 5.92 Å². The molecular formula is C13H16KNO8S2. The number of hydrogen-bond acceptors (Lipinski definition) is 8. The molecule has 9 nitrogen and oxygen atoms in total. The first-order valence-electron chi connectivity index (χ1n) is 6.82. The van der Waals surface area contributed by atoms with Crippen molar-refractivity contribution >= 4 is 26.4 Å². The van der Waals surface area contributed by atoms with Crippen molar-refractivity contribution in [3.63, 3.8) is 0 Å². The molecule has 0 amide bonds. The Morgan fingerprint density at radius 2 is 1.76 bits per heavy atom. The summed E-state index contributed by atoms with van der Waals surface area (Å²) >= 11 is 0. The van der Waals surface area contributed by atoms with E-state index in [2.05, 4.69) is 4.72 Å². The zero-order chi connectivity index (χ0) is 18.1. The molecular weight excluding hydrogens is 401 g/mol. The van der Waals surface area contributed by atoms with E-state index in [1.165, 1.54) is 19.2 Å². The second-order valence-corrected chi connectivity index (χ2v) is 8.24. The molecule has 1 aliphatic heterocycles. The van der Waals surface area contributed by atoms with Crippen molar-refractivity contribution < 1.29 is 87.0 Å². The number of rotatable bonds is 6. The molecule has 25 heavy (non-hydrogen) atoms. The molecule has 1 heterocycles. The fourth-order valence-corrected chi connectivity index (χ4v) is 5.05. The number of ether oxygens (including phenoxy) is 2. The molecule has 1 saturated heterocycles. The van der Waals surface area contributed by atoms with Crippen molar-refractivity contribution in [2.75, 3.05) is 7.11 Å².